The Kier molecular flexibility index (Phi) is 7.34. The quantitative estimate of drug-likeness (QED) is 0.283. The van der Waals surface area contributed by atoms with Crippen LogP contribution in [0, 0.1) is 5.82 Å². The number of rotatable bonds is 7. The third-order valence-electron chi connectivity index (χ3n) is 7.39. The van der Waals surface area contributed by atoms with Crippen LogP contribution in [0.4, 0.5) is 15.0 Å². The summed E-state index contributed by atoms with van der Waals surface area (Å²) in [6, 6.07) is 12.4. The molecule has 3 heterocycles. The molecular formula is C30H28ClFN6O4. The molecule has 0 bridgehead atoms. The number of hydrogen-bond acceptors (Lipinski definition) is 6. The number of aromatic nitrogens is 3. The number of nitrogen functional groups attached to an aromatic ring is 1. The van der Waals surface area contributed by atoms with E-state index in [4.69, 9.17) is 32.5 Å². The van der Waals surface area contributed by atoms with Crippen LogP contribution in [0.2, 0.25) is 0 Å². The first kappa shape index (κ1) is 27.4. The second-order valence-electron chi connectivity index (χ2n) is 10.1. The van der Waals surface area contributed by atoms with Crippen LogP contribution in [0.1, 0.15) is 39.6 Å². The van der Waals surface area contributed by atoms with Gasteiger partial charge in [-0.05, 0) is 60.4 Å². The van der Waals surface area contributed by atoms with Crippen molar-refractivity contribution in [1.29, 1.82) is 0 Å². The molecule has 5 N–H and O–H groups in total. The molecule has 2 amide bonds. The van der Waals surface area contributed by atoms with Crippen LogP contribution in [-0.4, -0.2) is 50.2 Å². The van der Waals surface area contributed by atoms with Crippen LogP contribution in [0.3, 0.4) is 0 Å². The fourth-order valence-electron chi connectivity index (χ4n) is 5.40. The van der Waals surface area contributed by atoms with E-state index >= 15 is 0 Å². The van der Waals surface area contributed by atoms with E-state index in [0.717, 1.165) is 33.8 Å². The third kappa shape index (κ3) is 5.42. The normalized spacial score (nSPS) is 17.4. The second kappa shape index (κ2) is 11.2. The lowest BCUT2D eigenvalue weighted by Gasteiger charge is -2.35. The third-order valence-corrected chi connectivity index (χ3v) is 7.69. The zero-order valence-electron chi connectivity index (χ0n) is 22.4. The smallest absolute Gasteiger partial charge is 0.416 e. The van der Waals surface area contributed by atoms with Gasteiger partial charge in [0.1, 0.15) is 35.5 Å². The molecule has 2 unspecified atom stereocenters. The fourth-order valence-corrected chi connectivity index (χ4v) is 5.61. The van der Waals surface area contributed by atoms with Crippen molar-refractivity contribution in [3.8, 4) is 11.5 Å². The largest absolute Gasteiger partial charge is 0.492 e. The maximum Gasteiger partial charge on any atom is 0.416 e. The summed E-state index contributed by atoms with van der Waals surface area (Å²) in [4.78, 5) is 30.1. The van der Waals surface area contributed by atoms with Crippen molar-refractivity contribution in [2.24, 2.45) is 5.73 Å². The van der Waals surface area contributed by atoms with Gasteiger partial charge in [0.15, 0.2) is 5.82 Å². The first-order valence-electron chi connectivity index (χ1n) is 13.4. The van der Waals surface area contributed by atoms with Gasteiger partial charge in [0.05, 0.1) is 11.9 Å². The SMILES string of the molecule is NC(=O)c1cn(CCOc2ccc(C3c4[nH]c5c(c4CCN3C(=O)Oc3ccc(F)cc3)=CC(Cl)CC=5)cc2)nc1N. The number of amides is 2. The van der Waals surface area contributed by atoms with E-state index in [2.05, 4.69) is 22.2 Å². The number of carbonyl (C=O) groups excluding carboxylic acids is 2. The summed E-state index contributed by atoms with van der Waals surface area (Å²) in [5, 5.41) is 6.06. The summed E-state index contributed by atoms with van der Waals surface area (Å²) >= 11 is 6.44. The van der Waals surface area contributed by atoms with Gasteiger partial charge in [-0.1, -0.05) is 24.3 Å². The van der Waals surface area contributed by atoms with Crippen molar-refractivity contribution in [1.82, 2.24) is 19.7 Å². The van der Waals surface area contributed by atoms with Crippen LogP contribution in [0.5, 0.6) is 11.5 Å². The Morgan fingerprint density at radius 2 is 1.86 bits per heavy atom. The van der Waals surface area contributed by atoms with Gasteiger partial charge < -0.3 is 25.9 Å². The molecule has 216 valence electrons. The Bertz CT molecular complexity index is 1770. The number of nitrogens with one attached hydrogen (secondary N) is 1. The Morgan fingerprint density at radius 3 is 2.57 bits per heavy atom. The van der Waals surface area contributed by atoms with Gasteiger partial charge in [-0.15, -0.1) is 11.6 Å². The molecule has 2 aromatic carbocycles. The van der Waals surface area contributed by atoms with E-state index in [0.29, 0.717) is 25.3 Å². The number of benzene rings is 2. The number of H-pyrrole nitrogens is 1. The molecule has 0 radical (unpaired) electrons. The standard InChI is InChI=1S/C30H28ClFN6O4/c31-18-3-10-25-23(15-18)22-11-12-38(30(40)42-21-8-4-19(32)5-9-21)27(26(22)35-25)17-1-6-20(7-2-17)41-14-13-37-16-24(29(34)39)28(33)36-37/h1-2,4-10,15-16,18,27,35H,3,11-14H2,(H2,33,36)(H2,34,39). The molecule has 42 heavy (non-hydrogen) atoms. The number of halogens is 2. The number of aromatic amines is 1. The zero-order chi connectivity index (χ0) is 29.4. The van der Waals surface area contributed by atoms with Crippen molar-refractivity contribution in [3.05, 3.63) is 93.5 Å². The van der Waals surface area contributed by atoms with E-state index in [1.165, 1.54) is 35.1 Å². The van der Waals surface area contributed by atoms with E-state index < -0.39 is 23.9 Å². The van der Waals surface area contributed by atoms with Gasteiger partial charge in [-0.2, -0.15) is 5.10 Å². The minimum absolute atomic E-state index is 0.0731. The Balaban J connectivity index is 1.25. The molecule has 0 saturated heterocycles. The van der Waals surface area contributed by atoms with Gasteiger partial charge in [-0.25, -0.2) is 9.18 Å². The van der Waals surface area contributed by atoms with Crippen LogP contribution in [0.25, 0.3) is 12.2 Å². The summed E-state index contributed by atoms with van der Waals surface area (Å²) in [7, 11) is 0. The molecular weight excluding hydrogens is 563 g/mol. The maximum absolute atomic E-state index is 13.4. The molecule has 1 aliphatic heterocycles. The first-order chi connectivity index (χ1) is 20.3. The first-order valence-corrected chi connectivity index (χ1v) is 13.9. The van der Waals surface area contributed by atoms with Gasteiger partial charge >= 0.3 is 6.09 Å². The molecule has 6 rings (SSSR count). The number of alkyl halides is 1. The number of primary amides is 1. The predicted octanol–water partition coefficient (Wildman–Crippen LogP) is 2.83. The minimum Gasteiger partial charge on any atom is -0.492 e. The lowest BCUT2D eigenvalue weighted by molar-refractivity contribution is 0.100. The molecule has 2 aliphatic rings. The summed E-state index contributed by atoms with van der Waals surface area (Å²) in [5.41, 5.74) is 14.1. The molecule has 0 spiro atoms. The summed E-state index contributed by atoms with van der Waals surface area (Å²) in [6.45, 7) is 1.05. The number of nitrogens with zero attached hydrogens (tertiary/aromatic N) is 3. The molecule has 12 heteroatoms. The highest BCUT2D eigenvalue weighted by Gasteiger charge is 2.35. The average molecular weight is 591 g/mol. The van der Waals surface area contributed by atoms with Gasteiger partial charge in [0.2, 0.25) is 0 Å². The number of fused-ring (bicyclic) bond motifs is 3. The highest BCUT2D eigenvalue weighted by Crippen LogP contribution is 2.34. The number of hydrogen-bond donors (Lipinski definition) is 3. The minimum atomic E-state index is -0.641. The van der Waals surface area contributed by atoms with Crippen molar-refractivity contribution in [2.45, 2.75) is 30.8 Å². The van der Waals surface area contributed by atoms with Crippen molar-refractivity contribution in [2.75, 3.05) is 18.9 Å². The fraction of sp³-hybridized carbons (Fsp3) is 0.233. The number of carbonyl (C=O) groups is 2. The Labute approximate surface area is 245 Å². The van der Waals surface area contributed by atoms with E-state index in [-0.39, 0.29) is 29.1 Å². The number of anilines is 1. The molecule has 2 aromatic heterocycles. The van der Waals surface area contributed by atoms with E-state index in [1.54, 1.807) is 4.90 Å². The topological polar surface area (TPSA) is 141 Å². The Hall–Kier alpha value is -4.77. The molecule has 0 fully saturated rings. The van der Waals surface area contributed by atoms with Crippen LogP contribution in [0.15, 0.2) is 54.7 Å². The highest BCUT2D eigenvalue weighted by molar-refractivity contribution is 6.24. The second-order valence-corrected chi connectivity index (χ2v) is 10.7. The van der Waals surface area contributed by atoms with Gasteiger partial charge in [0.25, 0.3) is 5.91 Å². The molecule has 0 saturated carbocycles. The monoisotopic (exact) mass is 590 g/mol. The van der Waals surface area contributed by atoms with Gasteiger partial charge in [-0.3, -0.25) is 14.4 Å². The maximum atomic E-state index is 13.4. The lowest BCUT2D eigenvalue weighted by atomic mass is 9.92. The summed E-state index contributed by atoms with van der Waals surface area (Å²) in [6.07, 6.45) is 6.44. The zero-order valence-corrected chi connectivity index (χ0v) is 23.2. The van der Waals surface area contributed by atoms with Crippen molar-refractivity contribution in [3.63, 3.8) is 0 Å². The number of nitrogens with two attached hydrogens (primary N) is 2. The average Bonchev–Trinajstić information content (AvgIpc) is 3.54. The Morgan fingerprint density at radius 1 is 1.12 bits per heavy atom. The molecule has 10 nitrogen and oxygen atoms in total. The molecule has 2 atom stereocenters. The summed E-state index contributed by atoms with van der Waals surface area (Å²) < 4.78 is 26.4. The molecule has 4 aromatic rings. The van der Waals surface area contributed by atoms with Crippen molar-refractivity contribution < 1.29 is 23.5 Å². The van der Waals surface area contributed by atoms with Crippen LogP contribution >= 0.6 is 11.6 Å². The number of ether oxygens (including phenoxy) is 2. The highest BCUT2D eigenvalue weighted by atomic mass is 35.5. The van der Waals surface area contributed by atoms with E-state index in [9.17, 15) is 14.0 Å². The van der Waals surface area contributed by atoms with Gasteiger partial charge in [0, 0.05) is 29.0 Å². The van der Waals surface area contributed by atoms with E-state index in [1.807, 2.05) is 24.3 Å². The molecule has 1 aliphatic carbocycles. The lowest BCUT2D eigenvalue weighted by Crippen LogP contribution is -2.43. The summed E-state index contributed by atoms with van der Waals surface area (Å²) in [5.74, 6) is -0.109. The van der Waals surface area contributed by atoms with Crippen LogP contribution in [-0.2, 0) is 13.0 Å². The van der Waals surface area contributed by atoms with Crippen LogP contribution < -0.4 is 31.5 Å². The predicted molar refractivity (Wildman–Crippen MR) is 155 cm³/mol. The van der Waals surface area contributed by atoms with Crippen molar-refractivity contribution >= 4 is 41.6 Å².